The quantitative estimate of drug-likeness (QED) is 0.426. The molecular formula is C10H15ClINO2S2. The van der Waals surface area contributed by atoms with Crippen LogP contribution < -0.4 is 4.72 Å². The average Bonchev–Trinajstić information content (AvgIpc) is 2.60. The van der Waals surface area contributed by atoms with Crippen LogP contribution in [0.25, 0.3) is 0 Å². The first-order valence-corrected chi connectivity index (χ1v) is 9.49. The van der Waals surface area contributed by atoms with Crippen molar-refractivity contribution >= 4 is 55.6 Å². The highest BCUT2D eigenvalue weighted by atomic mass is 127. The summed E-state index contributed by atoms with van der Waals surface area (Å²) in [5.41, 5.74) is 0.807. The summed E-state index contributed by atoms with van der Waals surface area (Å²) in [7, 11) is -3.37. The van der Waals surface area contributed by atoms with Gasteiger partial charge in [0.25, 0.3) is 0 Å². The molecule has 0 unspecified atom stereocenters. The Morgan fingerprint density at radius 3 is 2.65 bits per heavy atom. The molecule has 0 spiro atoms. The number of thiophene rings is 1. The van der Waals surface area contributed by atoms with Gasteiger partial charge in [-0.05, 0) is 35.8 Å². The first kappa shape index (κ1) is 15.7. The van der Waals surface area contributed by atoms with E-state index < -0.39 is 10.0 Å². The number of rotatable bonds is 7. The van der Waals surface area contributed by atoms with E-state index in [1.807, 2.05) is 0 Å². The van der Waals surface area contributed by atoms with E-state index >= 15 is 0 Å². The molecule has 1 aromatic rings. The van der Waals surface area contributed by atoms with Crippen LogP contribution in [0.4, 0.5) is 0 Å². The minimum atomic E-state index is -3.37. The molecule has 0 aliphatic heterocycles. The van der Waals surface area contributed by atoms with Gasteiger partial charge >= 0.3 is 0 Å². The maximum absolute atomic E-state index is 11.9. The Bertz CT molecular complexity index is 439. The van der Waals surface area contributed by atoms with E-state index in [0.717, 1.165) is 40.6 Å². The van der Waals surface area contributed by atoms with Gasteiger partial charge < -0.3 is 0 Å². The van der Waals surface area contributed by atoms with Gasteiger partial charge in [0.2, 0.25) is 10.0 Å². The fourth-order valence-corrected chi connectivity index (χ4v) is 4.60. The third-order valence-corrected chi connectivity index (χ3v) is 6.45. The topological polar surface area (TPSA) is 46.2 Å². The maximum atomic E-state index is 11.9. The van der Waals surface area contributed by atoms with Crippen molar-refractivity contribution < 1.29 is 8.42 Å². The maximum Gasteiger partial charge on any atom is 0.250 e. The summed E-state index contributed by atoms with van der Waals surface area (Å²) < 4.78 is 28.3. The van der Waals surface area contributed by atoms with E-state index in [1.54, 1.807) is 13.0 Å². The van der Waals surface area contributed by atoms with Crippen LogP contribution in [0, 0.1) is 6.92 Å². The van der Waals surface area contributed by atoms with Crippen molar-refractivity contribution in [1.82, 2.24) is 4.72 Å². The molecule has 0 radical (unpaired) electrons. The second-order valence-corrected chi connectivity index (χ2v) is 8.40. The Hall–Kier alpha value is 0.630. The molecule has 0 saturated heterocycles. The molecule has 0 amide bonds. The molecule has 0 saturated carbocycles. The van der Waals surface area contributed by atoms with Crippen LogP contribution >= 0.6 is 45.5 Å². The van der Waals surface area contributed by atoms with Crippen LogP contribution in [0.5, 0.6) is 0 Å². The Labute approximate surface area is 125 Å². The molecule has 1 heterocycles. The minimum Gasteiger partial charge on any atom is -0.210 e. The number of sulfonamides is 1. The Morgan fingerprint density at radius 1 is 1.41 bits per heavy atom. The predicted molar refractivity (Wildman–Crippen MR) is 82.0 cm³/mol. The van der Waals surface area contributed by atoms with E-state index in [0.29, 0.717) is 15.1 Å². The van der Waals surface area contributed by atoms with Gasteiger partial charge in [-0.15, -0.1) is 11.3 Å². The highest BCUT2D eigenvalue weighted by molar-refractivity contribution is 14.1. The van der Waals surface area contributed by atoms with Crippen LogP contribution in [-0.2, 0) is 10.0 Å². The molecule has 98 valence electrons. The lowest BCUT2D eigenvalue weighted by Gasteiger charge is -2.03. The normalized spacial score (nSPS) is 11.9. The van der Waals surface area contributed by atoms with Gasteiger partial charge in [-0.3, -0.25) is 0 Å². The molecule has 0 atom stereocenters. The van der Waals surface area contributed by atoms with Crippen molar-refractivity contribution in [2.24, 2.45) is 0 Å². The Balaban J connectivity index is 2.51. The molecule has 0 aromatic carbocycles. The predicted octanol–water partition coefficient (Wildman–Crippen LogP) is 3.59. The molecule has 0 aliphatic carbocycles. The lowest BCUT2D eigenvalue weighted by Crippen LogP contribution is -2.24. The average molecular weight is 408 g/mol. The minimum absolute atomic E-state index is 0.300. The molecule has 0 fully saturated rings. The first-order chi connectivity index (χ1) is 7.97. The van der Waals surface area contributed by atoms with E-state index in [2.05, 4.69) is 27.3 Å². The summed E-state index contributed by atoms with van der Waals surface area (Å²) in [6, 6.07) is 1.61. The number of unbranched alkanes of at least 4 members (excludes halogenated alkanes) is 2. The first-order valence-electron chi connectivity index (χ1n) is 5.29. The van der Waals surface area contributed by atoms with Crippen molar-refractivity contribution in [2.75, 3.05) is 11.0 Å². The van der Waals surface area contributed by atoms with Crippen LogP contribution in [0.3, 0.4) is 0 Å². The summed E-state index contributed by atoms with van der Waals surface area (Å²) in [4.78, 5) is 0. The van der Waals surface area contributed by atoms with Gasteiger partial charge in [-0.1, -0.05) is 40.6 Å². The van der Waals surface area contributed by atoms with E-state index in [1.165, 1.54) is 0 Å². The molecule has 1 N–H and O–H groups in total. The number of hydrogen-bond acceptors (Lipinski definition) is 3. The van der Waals surface area contributed by atoms with Crippen molar-refractivity contribution in [2.45, 2.75) is 30.4 Å². The second-order valence-electron chi connectivity index (χ2n) is 3.67. The van der Waals surface area contributed by atoms with Crippen LogP contribution in [0.15, 0.2) is 10.3 Å². The number of halogens is 2. The van der Waals surface area contributed by atoms with Crippen LogP contribution in [0.2, 0.25) is 4.34 Å². The molecule has 17 heavy (non-hydrogen) atoms. The number of aryl methyl sites for hydroxylation is 1. The van der Waals surface area contributed by atoms with Gasteiger partial charge in [0.05, 0.1) is 4.34 Å². The zero-order chi connectivity index (χ0) is 12.9. The smallest absolute Gasteiger partial charge is 0.210 e. The van der Waals surface area contributed by atoms with Gasteiger partial charge in [0.1, 0.15) is 4.21 Å². The summed E-state index contributed by atoms with van der Waals surface area (Å²) in [5.74, 6) is 0. The molecule has 0 aliphatic rings. The lowest BCUT2D eigenvalue weighted by molar-refractivity contribution is 0.578. The van der Waals surface area contributed by atoms with Gasteiger partial charge in [0, 0.05) is 6.54 Å². The summed E-state index contributed by atoms with van der Waals surface area (Å²) in [6.45, 7) is 2.30. The van der Waals surface area contributed by atoms with Gasteiger partial charge in [0.15, 0.2) is 0 Å². The molecule has 3 nitrogen and oxygen atoms in total. The van der Waals surface area contributed by atoms with Crippen molar-refractivity contribution in [3.05, 3.63) is 16.0 Å². The summed E-state index contributed by atoms with van der Waals surface area (Å²) >= 11 is 9.29. The Kier molecular flexibility index (Phi) is 6.71. The molecule has 1 rings (SSSR count). The second kappa shape index (κ2) is 7.28. The highest BCUT2D eigenvalue weighted by Crippen LogP contribution is 2.29. The molecule has 7 heteroatoms. The van der Waals surface area contributed by atoms with Crippen molar-refractivity contribution in [3.63, 3.8) is 0 Å². The fourth-order valence-electron chi connectivity index (χ4n) is 1.24. The van der Waals surface area contributed by atoms with E-state index in [4.69, 9.17) is 11.6 Å². The number of nitrogens with one attached hydrogen (secondary N) is 1. The van der Waals surface area contributed by atoms with Crippen molar-refractivity contribution in [1.29, 1.82) is 0 Å². The monoisotopic (exact) mass is 407 g/mol. The fraction of sp³-hybridized carbons (Fsp3) is 0.600. The van der Waals surface area contributed by atoms with Crippen molar-refractivity contribution in [3.8, 4) is 0 Å². The summed E-state index contributed by atoms with van der Waals surface area (Å²) in [6.07, 6.45) is 3.06. The number of hydrogen-bond donors (Lipinski definition) is 1. The van der Waals surface area contributed by atoms with E-state index in [9.17, 15) is 8.42 Å². The largest absolute Gasteiger partial charge is 0.250 e. The van der Waals surface area contributed by atoms with Crippen LogP contribution in [-0.4, -0.2) is 19.4 Å². The van der Waals surface area contributed by atoms with E-state index in [-0.39, 0.29) is 0 Å². The zero-order valence-corrected chi connectivity index (χ0v) is 14.0. The standard InChI is InChI=1S/C10H15ClINO2S2/c1-8-7-9(16-10(8)11)17(14,15)13-6-4-2-3-5-12/h7,13H,2-6H2,1H3. The van der Waals surface area contributed by atoms with Crippen LogP contribution in [0.1, 0.15) is 24.8 Å². The van der Waals surface area contributed by atoms with Gasteiger partial charge in [-0.25, -0.2) is 13.1 Å². The zero-order valence-electron chi connectivity index (χ0n) is 9.50. The molecular weight excluding hydrogens is 393 g/mol. The highest BCUT2D eigenvalue weighted by Gasteiger charge is 2.17. The molecule has 1 aromatic heterocycles. The third kappa shape index (κ3) is 5.02. The molecule has 0 bridgehead atoms. The lowest BCUT2D eigenvalue weighted by atomic mass is 10.3. The number of alkyl halides is 1. The SMILES string of the molecule is Cc1cc(S(=O)(=O)NCCCCCI)sc1Cl. The third-order valence-electron chi connectivity index (χ3n) is 2.20. The summed E-state index contributed by atoms with van der Waals surface area (Å²) in [5, 5.41) is 0. The van der Waals surface area contributed by atoms with Gasteiger partial charge in [-0.2, -0.15) is 0 Å². The Morgan fingerprint density at radius 2 is 2.12 bits per heavy atom.